The largest absolute Gasteiger partial charge is 0.465 e. The van der Waals surface area contributed by atoms with Gasteiger partial charge in [0, 0.05) is 4.88 Å². The highest BCUT2D eigenvalue weighted by molar-refractivity contribution is 7.92. The van der Waals surface area contributed by atoms with Gasteiger partial charge in [0.1, 0.15) is 11.5 Å². The number of rotatable bonds is 7. The van der Waals surface area contributed by atoms with Crippen molar-refractivity contribution in [3.63, 3.8) is 0 Å². The standard InChI is InChI=1S/C24H24N2O5S2/c1-16-9-6-7-13-19(16)26(33(29,30)17-10-4-3-5-11-17)15-21(27)25-23-22(24(28)31-2)18-12-8-14-20(18)32-23/h3-7,9-11,13H,8,12,14-15H2,1-2H3,(H,25,27). The summed E-state index contributed by atoms with van der Waals surface area (Å²) in [5, 5.41) is 3.17. The van der Waals surface area contributed by atoms with E-state index in [0.29, 0.717) is 16.3 Å². The Labute approximate surface area is 197 Å². The molecule has 1 heterocycles. The van der Waals surface area contributed by atoms with Crippen molar-refractivity contribution in [3.8, 4) is 0 Å². The van der Waals surface area contributed by atoms with E-state index < -0.39 is 28.4 Å². The number of benzene rings is 2. The fraction of sp³-hybridized carbons (Fsp3) is 0.250. The maximum Gasteiger partial charge on any atom is 0.341 e. The molecule has 4 rings (SSSR count). The van der Waals surface area contributed by atoms with Crippen molar-refractivity contribution in [2.24, 2.45) is 0 Å². The Morgan fingerprint density at radius 2 is 1.76 bits per heavy atom. The van der Waals surface area contributed by atoms with E-state index in [0.717, 1.165) is 39.6 Å². The highest BCUT2D eigenvalue weighted by Crippen LogP contribution is 2.39. The number of hydrogen-bond donors (Lipinski definition) is 1. The van der Waals surface area contributed by atoms with E-state index in [1.807, 2.05) is 6.07 Å². The molecule has 33 heavy (non-hydrogen) atoms. The zero-order valence-electron chi connectivity index (χ0n) is 18.3. The summed E-state index contributed by atoms with van der Waals surface area (Å²) in [5.74, 6) is -1.04. The number of sulfonamides is 1. The van der Waals surface area contributed by atoms with E-state index in [4.69, 9.17) is 4.74 Å². The molecule has 2 aromatic carbocycles. The third-order valence-corrected chi connectivity index (χ3v) is 8.55. The lowest BCUT2D eigenvalue weighted by Gasteiger charge is -2.25. The fourth-order valence-electron chi connectivity index (χ4n) is 3.97. The van der Waals surface area contributed by atoms with Gasteiger partial charge >= 0.3 is 5.97 Å². The maximum absolute atomic E-state index is 13.5. The molecular weight excluding hydrogens is 460 g/mol. The fourth-order valence-corrected chi connectivity index (χ4v) is 6.77. The van der Waals surface area contributed by atoms with Crippen LogP contribution in [0.1, 0.15) is 32.8 Å². The number of para-hydroxylation sites is 1. The number of ether oxygens (including phenoxy) is 1. The molecule has 1 aromatic heterocycles. The number of thiophene rings is 1. The summed E-state index contributed by atoms with van der Waals surface area (Å²) < 4.78 is 33.0. The number of aryl methyl sites for hydroxylation is 2. The summed E-state index contributed by atoms with van der Waals surface area (Å²) in [7, 11) is -2.70. The van der Waals surface area contributed by atoms with E-state index in [-0.39, 0.29) is 4.90 Å². The molecule has 0 fully saturated rings. The van der Waals surface area contributed by atoms with Crippen LogP contribution in [-0.2, 0) is 32.4 Å². The lowest BCUT2D eigenvalue weighted by atomic mass is 10.1. The number of carbonyl (C=O) groups excluding carboxylic acids is 2. The normalized spacial score (nSPS) is 12.8. The van der Waals surface area contributed by atoms with Gasteiger partial charge in [-0.2, -0.15) is 0 Å². The predicted molar refractivity (Wildman–Crippen MR) is 128 cm³/mol. The van der Waals surface area contributed by atoms with E-state index in [1.54, 1.807) is 43.3 Å². The molecule has 1 N–H and O–H groups in total. The van der Waals surface area contributed by atoms with E-state index in [1.165, 1.54) is 30.6 Å². The number of nitrogens with one attached hydrogen (secondary N) is 1. The second-order valence-corrected chi connectivity index (χ2v) is 10.7. The van der Waals surface area contributed by atoms with Crippen molar-refractivity contribution in [2.75, 3.05) is 23.3 Å². The molecule has 0 saturated carbocycles. The van der Waals surface area contributed by atoms with Crippen molar-refractivity contribution in [2.45, 2.75) is 31.1 Å². The van der Waals surface area contributed by atoms with Crippen LogP contribution in [0.5, 0.6) is 0 Å². The number of nitrogens with zero attached hydrogens (tertiary/aromatic N) is 1. The third-order valence-electron chi connectivity index (χ3n) is 5.57. The highest BCUT2D eigenvalue weighted by atomic mass is 32.2. The molecule has 9 heteroatoms. The molecule has 0 atom stereocenters. The number of methoxy groups -OCH3 is 1. The Balaban J connectivity index is 1.68. The van der Waals surface area contributed by atoms with Crippen molar-refractivity contribution < 1.29 is 22.7 Å². The zero-order chi connectivity index (χ0) is 23.6. The molecular formula is C24H24N2O5S2. The number of esters is 1. The first-order valence-corrected chi connectivity index (χ1v) is 12.7. The van der Waals surface area contributed by atoms with Gasteiger partial charge in [-0.15, -0.1) is 11.3 Å². The predicted octanol–water partition coefficient (Wildman–Crippen LogP) is 4.17. The molecule has 3 aromatic rings. The SMILES string of the molecule is COC(=O)c1c(NC(=O)CN(c2ccccc2C)S(=O)(=O)c2ccccc2)sc2c1CCC2. The Kier molecular flexibility index (Phi) is 6.53. The van der Waals surface area contributed by atoms with Crippen molar-refractivity contribution in [3.05, 3.63) is 76.2 Å². The Bertz CT molecular complexity index is 1300. The van der Waals surface area contributed by atoms with Crippen LogP contribution in [0.25, 0.3) is 0 Å². The van der Waals surface area contributed by atoms with Crippen LogP contribution in [0, 0.1) is 6.92 Å². The first-order chi connectivity index (χ1) is 15.8. The minimum Gasteiger partial charge on any atom is -0.465 e. The Morgan fingerprint density at radius 1 is 1.06 bits per heavy atom. The molecule has 1 aliphatic rings. The summed E-state index contributed by atoms with van der Waals surface area (Å²) in [5.41, 5.74) is 2.42. The molecule has 0 spiro atoms. The van der Waals surface area contributed by atoms with E-state index in [9.17, 15) is 18.0 Å². The number of anilines is 2. The van der Waals surface area contributed by atoms with Gasteiger partial charge in [-0.25, -0.2) is 13.2 Å². The summed E-state index contributed by atoms with van der Waals surface area (Å²) >= 11 is 1.35. The third kappa shape index (κ3) is 4.51. The number of carbonyl (C=O) groups is 2. The van der Waals surface area contributed by atoms with Crippen molar-refractivity contribution in [1.29, 1.82) is 0 Å². The lowest BCUT2D eigenvalue weighted by molar-refractivity contribution is -0.114. The summed E-state index contributed by atoms with van der Waals surface area (Å²) in [6.07, 6.45) is 2.55. The molecule has 0 aliphatic heterocycles. The number of amides is 1. The van der Waals surface area contributed by atoms with Gasteiger partial charge in [-0.3, -0.25) is 9.10 Å². The van der Waals surface area contributed by atoms with Crippen LogP contribution in [0.3, 0.4) is 0 Å². The van der Waals surface area contributed by atoms with Crippen LogP contribution in [-0.4, -0.2) is 33.9 Å². The molecule has 172 valence electrons. The second kappa shape index (κ2) is 9.36. The van der Waals surface area contributed by atoms with Crippen LogP contribution in [0.2, 0.25) is 0 Å². The molecule has 1 aliphatic carbocycles. The topological polar surface area (TPSA) is 92.8 Å². The monoisotopic (exact) mass is 484 g/mol. The van der Waals surface area contributed by atoms with Gasteiger partial charge in [0.25, 0.3) is 10.0 Å². The molecule has 0 saturated heterocycles. The average molecular weight is 485 g/mol. The maximum atomic E-state index is 13.5. The number of hydrogen-bond acceptors (Lipinski definition) is 6. The van der Waals surface area contributed by atoms with Crippen molar-refractivity contribution >= 4 is 43.9 Å². The zero-order valence-corrected chi connectivity index (χ0v) is 20.0. The molecule has 0 bridgehead atoms. The van der Waals surface area contributed by atoms with Gasteiger partial charge in [0.05, 0.1) is 23.3 Å². The van der Waals surface area contributed by atoms with Gasteiger partial charge in [0.15, 0.2) is 0 Å². The second-order valence-electron chi connectivity index (χ2n) is 7.71. The number of fused-ring (bicyclic) bond motifs is 1. The van der Waals surface area contributed by atoms with Crippen LogP contribution in [0.15, 0.2) is 59.5 Å². The van der Waals surface area contributed by atoms with Crippen LogP contribution < -0.4 is 9.62 Å². The van der Waals surface area contributed by atoms with Crippen LogP contribution >= 0.6 is 11.3 Å². The summed E-state index contributed by atoms with van der Waals surface area (Å²) in [6.45, 7) is 1.35. The Hall–Kier alpha value is -3.17. The summed E-state index contributed by atoms with van der Waals surface area (Å²) in [4.78, 5) is 26.7. The lowest BCUT2D eigenvalue weighted by Crippen LogP contribution is -2.38. The molecule has 0 unspecified atom stereocenters. The molecule has 0 radical (unpaired) electrons. The van der Waals surface area contributed by atoms with Gasteiger partial charge in [0.2, 0.25) is 5.91 Å². The molecule has 1 amide bonds. The molecule has 7 nitrogen and oxygen atoms in total. The van der Waals surface area contributed by atoms with Gasteiger partial charge < -0.3 is 10.1 Å². The smallest absolute Gasteiger partial charge is 0.341 e. The van der Waals surface area contributed by atoms with Gasteiger partial charge in [-0.1, -0.05) is 36.4 Å². The van der Waals surface area contributed by atoms with Crippen LogP contribution in [0.4, 0.5) is 10.7 Å². The van der Waals surface area contributed by atoms with Gasteiger partial charge in [-0.05, 0) is 55.5 Å². The van der Waals surface area contributed by atoms with Crippen molar-refractivity contribution in [1.82, 2.24) is 0 Å². The average Bonchev–Trinajstić information content (AvgIpc) is 3.39. The first kappa shape index (κ1) is 23.0. The minimum atomic E-state index is -4.01. The minimum absolute atomic E-state index is 0.0893. The first-order valence-electron chi connectivity index (χ1n) is 10.5. The summed E-state index contributed by atoms with van der Waals surface area (Å²) in [6, 6.07) is 15.0. The van der Waals surface area contributed by atoms with E-state index >= 15 is 0 Å². The highest BCUT2D eigenvalue weighted by Gasteiger charge is 2.31. The quantitative estimate of drug-likeness (QED) is 0.508. The van der Waals surface area contributed by atoms with E-state index in [2.05, 4.69) is 5.32 Å². The Morgan fingerprint density at radius 3 is 2.45 bits per heavy atom.